The fourth-order valence-electron chi connectivity index (χ4n) is 2.81. The molecule has 136 valence electrons. The van der Waals surface area contributed by atoms with Crippen molar-refractivity contribution in [2.24, 2.45) is 0 Å². The lowest BCUT2D eigenvalue weighted by Crippen LogP contribution is -2.27. The van der Waals surface area contributed by atoms with E-state index in [9.17, 15) is 8.42 Å². The topological polar surface area (TPSA) is 55.4 Å². The fourth-order valence-corrected chi connectivity index (χ4v) is 4.31. The summed E-state index contributed by atoms with van der Waals surface area (Å²) in [5, 5.41) is 0. The van der Waals surface area contributed by atoms with Gasteiger partial charge in [0.1, 0.15) is 5.75 Å². The monoisotopic (exact) mass is 361 g/mol. The van der Waals surface area contributed by atoms with Crippen molar-refractivity contribution in [3.05, 3.63) is 58.7 Å². The summed E-state index contributed by atoms with van der Waals surface area (Å²) in [6.07, 6.45) is 0. The minimum Gasteiger partial charge on any atom is -0.496 e. The van der Waals surface area contributed by atoms with Crippen LogP contribution in [0.25, 0.3) is 0 Å². The molecule has 1 unspecified atom stereocenters. The number of rotatable bonds is 6. The van der Waals surface area contributed by atoms with Crippen molar-refractivity contribution in [2.75, 3.05) is 7.11 Å². The van der Waals surface area contributed by atoms with Gasteiger partial charge in [-0.2, -0.15) is 0 Å². The Hall–Kier alpha value is -1.85. The minimum atomic E-state index is -3.64. The molecule has 0 aliphatic carbocycles. The van der Waals surface area contributed by atoms with E-state index in [0.29, 0.717) is 10.5 Å². The van der Waals surface area contributed by atoms with Crippen LogP contribution in [0, 0.1) is 13.8 Å². The van der Waals surface area contributed by atoms with Crippen LogP contribution in [0.2, 0.25) is 0 Å². The highest BCUT2D eigenvalue weighted by atomic mass is 32.2. The van der Waals surface area contributed by atoms with Crippen molar-refractivity contribution in [1.29, 1.82) is 0 Å². The molecule has 2 rings (SSSR count). The largest absolute Gasteiger partial charge is 0.496 e. The quantitative estimate of drug-likeness (QED) is 0.825. The second-order valence-electron chi connectivity index (χ2n) is 6.77. The van der Waals surface area contributed by atoms with Crippen LogP contribution in [0.1, 0.15) is 55.0 Å². The average Bonchev–Trinajstić information content (AvgIpc) is 2.54. The zero-order chi connectivity index (χ0) is 18.8. The summed E-state index contributed by atoms with van der Waals surface area (Å²) in [6.45, 7) is 9.69. The Balaban J connectivity index is 2.38. The van der Waals surface area contributed by atoms with E-state index in [1.165, 1.54) is 0 Å². The van der Waals surface area contributed by atoms with Gasteiger partial charge in [0.25, 0.3) is 0 Å². The van der Waals surface area contributed by atoms with Gasteiger partial charge in [0.15, 0.2) is 0 Å². The van der Waals surface area contributed by atoms with Crippen LogP contribution >= 0.6 is 0 Å². The molecular formula is C20H27NO3S. The third-order valence-corrected chi connectivity index (χ3v) is 6.03. The molecule has 25 heavy (non-hydrogen) atoms. The molecule has 1 atom stereocenters. The summed E-state index contributed by atoms with van der Waals surface area (Å²) in [7, 11) is -2.03. The third kappa shape index (κ3) is 4.41. The number of benzene rings is 2. The lowest BCUT2D eigenvalue weighted by atomic mass is 10.0. The summed E-state index contributed by atoms with van der Waals surface area (Å²) >= 11 is 0. The van der Waals surface area contributed by atoms with Gasteiger partial charge in [0.2, 0.25) is 10.0 Å². The Labute approximate surface area is 151 Å². The number of hydrogen-bond acceptors (Lipinski definition) is 3. The number of nitrogens with one attached hydrogen (secondary N) is 1. The lowest BCUT2D eigenvalue weighted by molar-refractivity contribution is 0.406. The van der Waals surface area contributed by atoms with Gasteiger partial charge in [-0.1, -0.05) is 43.7 Å². The predicted octanol–water partition coefficient (Wildman–Crippen LogP) is 4.47. The Bertz CT molecular complexity index is 840. The molecule has 0 aliphatic rings. The maximum atomic E-state index is 12.9. The van der Waals surface area contributed by atoms with Crippen LogP contribution in [0.5, 0.6) is 5.75 Å². The normalized spacial score (nSPS) is 13.1. The molecule has 0 radical (unpaired) electrons. The summed E-state index contributed by atoms with van der Waals surface area (Å²) in [5.41, 5.74) is 3.64. The van der Waals surface area contributed by atoms with Crippen LogP contribution in [0.3, 0.4) is 0 Å². The number of methoxy groups -OCH3 is 1. The predicted molar refractivity (Wildman–Crippen MR) is 102 cm³/mol. The van der Waals surface area contributed by atoms with Crippen LogP contribution in [-0.2, 0) is 10.0 Å². The van der Waals surface area contributed by atoms with E-state index in [0.717, 1.165) is 22.4 Å². The molecule has 0 saturated carbocycles. The van der Waals surface area contributed by atoms with E-state index in [4.69, 9.17) is 4.74 Å². The molecule has 0 aromatic heterocycles. The van der Waals surface area contributed by atoms with Crippen LogP contribution < -0.4 is 9.46 Å². The molecule has 0 heterocycles. The molecule has 0 saturated heterocycles. The maximum absolute atomic E-state index is 12.9. The lowest BCUT2D eigenvalue weighted by Gasteiger charge is -2.19. The van der Waals surface area contributed by atoms with Gasteiger partial charge < -0.3 is 4.74 Å². The highest BCUT2D eigenvalue weighted by Crippen LogP contribution is 2.32. The highest BCUT2D eigenvalue weighted by Gasteiger charge is 2.23. The van der Waals surface area contributed by atoms with Crippen molar-refractivity contribution >= 4 is 10.0 Å². The van der Waals surface area contributed by atoms with E-state index in [1.54, 1.807) is 26.2 Å². The van der Waals surface area contributed by atoms with Crippen molar-refractivity contribution < 1.29 is 13.2 Å². The van der Waals surface area contributed by atoms with E-state index in [-0.39, 0.29) is 12.0 Å². The number of sulfonamides is 1. The zero-order valence-electron chi connectivity index (χ0n) is 15.8. The van der Waals surface area contributed by atoms with Gasteiger partial charge in [-0.3, -0.25) is 0 Å². The molecule has 0 bridgehead atoms. The van der Waals surface area contributed by atoms with Gasteiger partial charge in [-0.15, -0.1) is 0 Å². The van der Waals surface area contributed by atoms with Gasteiger partial charge in [0.05, 0.1) is 12.0 Å². The zero-order valence-corrected chi connectivity index (χ0v) is 16.6. The Kier molecular flexibility index (Phi) is 5.91. The first-order chi connectivity index (χ1) is 11.7. The second kappa shape index (κ2) is 7.58. The number of ether oxygens (including phenoxy) is 1. The van der Waals surface area contributed by atoms with Gasteiger partial charge in [-0.05, 0) is 55.5 Å². The number of aryl methyl sites for hydroxylation is 2. The molecule has 0 spiro atoms. The van der Waals surface area contributed by atoms with E-state index >= 15 is 0 Å². The molecule has 0 amide bonds. The van der Waals surface area contributed by atoms with Gasteiger partial charge >= 0.3 is 0 Å². The first-order valence-corrected chi connectivity index (χ1v) is 9.91. The smallest absolute Gasteiger partial charge is 0.241 e. The molecule has 0 fully saturated rings. The molecular weight excluding hydrogens is 334 g/mol. The first kappa shape index (κ1) is 19.5. The number of hydrogen-bond donors (Lipinski definition) is 1. The Morgan fingerprint density at radius 2 is 1.60 bits per heavy atom. The highest BCUT2D eigenvalue weighted by molar-refractivity contribution is 7.89. The van der Waals surface area contributed by atoms with Crippen molar-refractivity contribution in [1.82, 2.24) is 4.72 Å². The SMILES string of the molecule is COc1cc(C)c(S(=O)(=O)NC(C)c2ccc(C)cc2)cc1C(C)C. The van der Waals surface area contributed by atoms with Gasteiger partial charge in [-0.25, -0.2) is 13.1 Å². The second-order valence-corrected chi connectivity index (χ2v) is 8.45. The Morgan fingerprint density at radius 1 is 1.00 bits per heavy atom. The van der Waals surface area contributed by atoms with E-state index < -0.39 is 10.0 Å². The first-order valence-electron chi connectivity index (χ1n) is 8.43. The van der Waals surface area contributed by atoms with Gasteiger partial charge in [0, 0.05) is 6.04 Å². The van der Waals surface area contributed by atoms with Crippen LogP contribution in [-0.4, -0.2) is 15.5 Å². The Morgan fingerprint density at radius 3 is 2.12 bits per heavy atom. The van der Waals surface area contributed by atoms with Crippen molar-refractivity contribution in [2.45, 2.75) is 51.5 Å². The molecule has 4 nitrogen and oxygen atoms in total. The third-order valence-electron chi connectivity index (χ3n) is 4.35. The summed E-state index contributed by atoms with van der Waals surface area (Å²) in [6, 6.07) is 11.1. The van der Waals surface area contributed by atoms with E-state index in [2.05, 4.69) is 4.72 Å². The maximum Gasteiger partial charge on any atom is 0.241 e. The van der Waals surface area contributed by atoms with Crippen LogP contribution in [0.4, 0.5) is 0 Å². The molecule has 1 N–H and O–H groups in total. The molecule has 0 aliphatic heterocycles. The minimum absolute atomic E-state index is 0.166. The fraction of sp³-hybridized carbons (Fsp3) is 0.400. The van der Waals surface area contributed by atoms with Crippen molar-refractivity contribution in [3.63, 3.8) is 0 Å². The summed E-state index contributed by atoms with van der Waals surface area (Å²) in [5.74, 6) is 0.886. The molecule has 2 aromatic rings. The summed E-state index contributed by atoms with van der Waals surface area (Å²) in [4.78, 5) is 0.302. The summed E-state index contributed by atoms with van der Waals surface area (Å²) < 4.78 is 34.0. The average molecular weight is 362 g/mol. The molecule has 2 aromatic carbocycles. The van der Waals surface area contributed by atoms with Crippen molar-refractivity contribution in [3.8, 4) is 5.75 Å². The van der Waals surface area contributed by atoms with E-state index in [1.807, 2.05) is 52.0 Å². The molecule has 5 heteroatoms. The van der Waals surface area contributed by atoms with Crippen LogP contribution in [0.15, 0.2) is 41.3 Å². The standard InChI is InChI=1S/C20H27NO3S/c1-13(2)18-12-20(15(4)11-19(18)24-6)25(22,23)21-16(5)17-9-7-14(3)8-10-17/h7-13,16,21H,1-6H3.